The van der Waals surface area contributed by atoms with E-state index in [1.807, 2.05) is 126 Å². The molecule has 0 radical (unpaired) electrons. The first-order valence-corrected chi connectivity index (χ1v) is 23.1. The fourth-order valence-corrected chi connectivity index (χ4v) is 10.4. The number of hydrogen-bond donors (Lipinski definition) is 2. The van der Waals surface area contributed by atoms with E-state index in [1.165, 1.54) is 24.5 Å². The number of halogens is 2. The van der Waals surface area contributed by atoms with E-state index in [-0.39, 0.29) is 37.9 Å². The Bertz CT molecular complexity index is 3120. The van der Waals surface area contributed by atoms with Gasteiger partial charge in [0.1, 0.15) is 50.1 Å². The Morgan fingerprint density at radius 1 is 0.603 bits per heavy atom. The molecule has 2 aromatic heterocycles. The van der Waals surface area contributed by atoms with Crippen LogP contribution in [-0.4, -0.2) is 79.8 Å². The van der Waals surface area contributed by atoms with E-state index in [0.717, 1.165) is 16.7 Å². The fourth-order valence-electron chi connectivity index (χ4n) is 9.81. The van der Waals surface area contributed by atoms with Gasteiger partial charge in [0.05, 0.1) is 22.1 Å². The maximum absolute atomic E-state index is 14.8. The number of pyridine rings is 2. The number of aromatic nitrogens is 2. The quantitative estimate of drug-likeness (QED) is 0.159. The Balaban J connectivity index is 1.09. The zero-order chi connectivity index (χ0) is 47.2. The minimum Gasteiger partial charge on any atom is -0.502 e. The second-order valence-electron chi connectivity index (χ2n) is 17.0. The summed E-state index contributed by atoms with van der Waals surface area (Å²) in [5.74, 6) is -1.47. The largest absolute Gasteiger partial charge is 0.502 e. The zero-order valence-corrected chi connectivity index (χ0v) is 38.3. The van der Waals surface area contributed by atoms with E-state index in [4.69, 9.17) is 32.7 Å². The average Bonchev–Trinajstić information content (AvgIpc) is 3.39. The summed E-state index contributed by atoms with van der Waals surface area (Å²) in [6, 6.07) is 28.9. The molecule has 68 heavy (non-hydrogen) atoms. The predicted octanol–water partition coefficient (Wildman–Crippen LogP) is 7.69. The summed E-state index contributed by atoms with van der Waals surface area (Å²) in [5, 5.41) is 27.2. The number of fused-ring (bicyclic) bond motifs is 10. The number of ether oxygens (including phenoxy) is 2. The molecule has 16 heteroatoms. The smallest absolute Gasteiger partial charge is 0.278 e. The van der Waals surface area contributed by atoms with Gasteiger partial charge >= 0.3 is 0 Å². The van der Waals surface area contributed by atoms with Gasteiger partial charge in [-0.25, -0.2) is 0 Å². The normalized spacial score (nSPS) is 20.9. The number of rotatable bonds is 6. The zero-order valence-electron chi connectivity index (χ0n) is 36.8. The van der Waals surface area contributed by atoms with Crippen molar-refractivity contribution in [2.24, 2.45) is 0 Å². The molecule has 0 aliphatic carbocycles. The predicted molar refractivity (Wildman–Crippen MR) is 258 cm³/mol. The van der Waals surface area contributed by atoms with Crippen LogP contribution in [0.15, 0.2) is 149 Å². The number of nitrogens with zero attached hydrogens (tertiary/aromatic N) is 6. The van der Waals surface area contributed by atoms with Crippen LogP contribution in [0.2, 0.25) is 10.0 Å². The Kier molecular flexibility index (Phi) is 12.0. The maximum Gasteiger partial charge on any atom is 0.278 e. The second kappa shape index (κ2) is 18.3. The molecule has 6 aromatic rings. The maximum atomic E-state index is 14.8. The molecule has 2 N–H and O–H groups in total. The monoisotopic (exact) mass is 952 g/mol. The first-order chi connectivity index (χ1) is 33.0. The molecular weight excluding hydrogens is 908 g/mol. The van der Waals surface area contributed by atoms with Gasteiger partial charge in [0.25, 0.3) is 11.8 Å². The lowest BCUT2D eigenvalue weighted by molar-refractivity contribution is 0.0617. The van der Waals surface area contributed by atoms with E-state index >= 15 is 0 Å². The number of aryl methyl sites for hydroxylation is 1. The van der Waals surface area contributed by atoms with Gasteiger partial charge in [0.15, 0.2) is 22.9 Å². The summed E-state index contributed by atoms with van der Waals surface area (Å²) in [5.41, 5.74) is 2.14. The molecule has 0 spiro atoms. The number of carbonyl (C=O) groups excluding carboxylic acids is 2. The minimum absolute atomic E-state index is 0.0362. The van der Waals surface area contributed by atoms with Crippen molar-refractivity contribution < 1.29 is 29.3 Å². The van der Waals surface area contributed by atoms with E-state index in [9.17, 15) is 29.4 Å². The van der Waals surface area contributed by atoms with Crippen molar-refractivity contribution in [3.8, 4) is 23.0 Å². The summed E-state index contributed by atoms with van der Waals surface area (Å²) in [6.07, 6.45) is 11.7. The van der Waals surface area contributed by atoms with Crippen molar-refractivity contribution in [1.29, 1.82) is 0 Å². The van der Waals surface area contributed by atoms with Crippen molar-refractivity contribution in [3.05, 3.63) is 210 Å². The fraction of sp³-hybridized carbons (Fsp3) is 0.231. The van der Waals surface area contributed by atoms with Crippen LogP contribution in [0, 0.1) is 0 Å². The lowest BCUT2D eigenvalue weighted by atomic mass is 9.93. The molecule has 0 saturated heterocycles. The van der Waals surface area contributed by atoms with Crippen molar-refractivity contribution in [3.63, 3.8) is 0 Å². The molecule has 6 heterocycles. The van der Waals surface area contributed by atoms with Gasteiger partial charge in [-0.05, 0) is 66.3 Å². The topological polar surface area (TPSA) is 150 Å². The average molecular weight is 954 g/mol. The highest BCUT2D eigenvalue weighted by Crippen LogP contribution is 2.44. The Labute approximate surface area is 401 Å². The highest BCUT2D eigenvalue weighted by atomic mass is 35.5. The Morgan fingerprint density at radius 3 is 1.68 bits per heavy atom. The molecule has 4 aliphatic heterocycles. The van der Waals surface area contributed by atoms with Gasteiger partial charge in [-0.2, -0.15) is 0 Å². The van der Waals surface area contributed by atoms with Crippen molar-refractivity contribution in [2.45, 2.75) is 50.4 Å². The first kappa shape index (κ1) is 44.4. The number of amides is 2. The number of carbonyl (C=O) groups is 2. The van der Waals surface area contributed by atoms with E-state index in [0.29, 0.717) is 51.9 Å². The highest BCUT2D eigenvalue weighted by Gasteiger charge is 2.42. The van der Waals surface area contributed by atoms with Crippen molar-refractivity contribution in [2.75, 3.05) is 36.6 Å². The van der Waals surface area contributed by atoms with Crippen LogP contribution < -0.4 is 30.3 Å². The van der Waals surface area contributed by atoms with E-state index in [2.05, 4.69) is 0 Å². The molecule has 0 unspecified atom stereocenters. The summed E-state index contributed by atoms with van der Waals surface area (Å²) in [7, 11) is 0. The summed E-state index contributed by atoms with van der Waals surface area (Å²) in [4.78, 5) is 58.4. The van der Waals surface area contributed by atoms with Gasteiger partial charge in [0, 0.05) is 35.7 Å². The third kappa shape index (κ3) is 7.82. The lowest BCUT2D eigenvalue weighted by Gasteiger charge is -2.46. The summed E-state index contributed by atoms with van der Waals surface area (Å²) >= 11 is 14.1. The number of benzene rings is 4. The van der Waals surface area contributed by atoms with Crippen LogP contribution in [0.1, 0.15) is 80.6 Å². The van der Waals surface area contributed by atoms with Crippen LogP contribution in [0.5, 0.6) is 23.0 Å². The third-order valence-electron chi connectivity index (χ3n) is 13.0. The van der Waals surface area contributed by atoms with Crippen LogP contribution in [-0.2, 0) is 6.42 Å². The van der Waals surface area contributed by atoms with Crippen LogP contribution in [0.4, 0.5) is 0 Å². The molecule has 4 aromatic carbocycles. The van der Waals surface area contributed by atoms with Gasteiger partial charge in [-0.1, -0.05) is 115 Å². The van der Waals surface area contributed by atoms with Crippen LogP contribution in [0.25, 0.3) is 0 Å². The third-order valence-corrected chi connectivity index (χ3v) is 13.6. The van der Waals surface area contributed by atoms with Gasteiger partial charge in [-0.15, -0.1) is 0 Å². The molecule has 346 valence electrons. The van der Waals surface area contributed by atoms with Gasteiger partial charge in [-0.3, -0.25) is 38.5 Å². The lowest BCUT2D eigenvalue weighted by Crippen LogP contribution is -2.58. The van der Waals surface area contributed by atoms with E-state index < -0.39 is 58.3 Å². The standard InChI is InChI=1S/C52H46Cl2N6O8/c1-2-35-16-10-26-68-50-38(44(34-14-7-4-8-15-34)60-30-55(35)51(65)45-47(63)41(61)23-25-58(45)60)28-32(29-40(50)54)20-21-36-17-11-27-67-49-37(18-9-19-39(49)53)43(33-12-5-3-6-13-33)59-31-56(36)52(66)46-48(64)42(62)22-24-57(46)59/h3-19,22-25,28-29,35-36,43-44,63-64H,2,20-21,26-27,30-31H2,1H3/b16-10+,17-11+/t35-,36-,43+,44+/m0/s1. The molecule has 0 saturated carbocycles. The Hall–Kier alpha value is -7.42. The van der Waals surface area contributed by atoms with Gasteiger partial charge in [0.2, 0.25) is 10.9 Å². The second-order valence-corrected chi connectivity index (χ2v) is 17.8. The molecule has 4 atom stereocenters. The number of para-hydroxylation sites is 1. The molecule has 10 rings (SSSR count). The first-order valence-electron chi connectivity index (χ1n) is 22.4. The van der Waals surface area contributed by atoms with E-state index in [1.54, 1.807) is 25.2 Å². The minimum atomic E-state index is -0.690. The molecule has 2 amide bonds. The summed E-state index contributed by atoms with van der Waals surface area (Å²) in [6.45, 7) is 2.34. The molecule has 4 bridgehead atoms. The molecule has 4 aliphatic rings. The highest BCUT2D eigenvalue weighted by molar-refractivity contribution is 6.32. The van der Waals surface area contributed by atoms with Crippen LogP contribution in [0.3, 0.4) is 0 Å². The van der Waals surface area contributed by atoms with Crippen molar-refractivity contribution >= 4 is 35.0 Å². The SMILES string of the molecule is CC[C@H]1/C=C/COc2c(Cl)cc(CC[C@@H]3/C=C/COc4c(Cl)cccc4[C@@H](c4ccccc4)N4CN3C(=O)c3c(O)c(=O)ccn34)cc2[C@@H](c2ccccc2)N2CN1C(=O)c1c(O)c(=O)ccn12. The summed E-state index contributed by atoms with van der Waals surface area (Å²) < 4.78 is 16.0. The molecule has 14 nitrogen and oxygen atoms in total. The molecular formula is C52H46Cl2N6O8. The van der Waals surface area contributed by atoms with Crippen LogP contribution >= 0.6 is 23.2 Å². The molecule has 0 fully saturated rings. The van der Waals surface area contributed by atoms with Crippen molar-refractivity contribution in [1.82, 2.24) is 19.2 Å². The number of aromatic hydroxyl groups is 2. The number of hydrogen-bond acceptors (Lipinski definition) is 10. The van der Waals surface area contributed by atoms with Gasteiger partial charge < -0.3 is 29.5 Å². The Morgan fingerprint density at radius 2 is 1.12 bits per heavy atom.